The SMILES string of the molecule is Cc1cn[nH]c1[C@@H]1CCCN(C(=O)CCCN2CCCC2=O)C1. The summed E-state index contributed by atoms with van der Waals surface area (Å²) in [7, 11) is 0. The number of aromatic amines is 1. The first-order valence-electron chi connectivity index (χ1n) is 8.70. The van der Waals surface area contributed by atoms with Crippen LogP contribution in [0.5, 0.6) is 0 Å². The average Bonchev–Trinajstić information content (AvgIpc) is 3.16. The minimum atomic E-state index is 0.221. The number of nitrogens with one attached hydrogen (secondary N) is 1. The monoisotopic (exact) mass is 318 g/mol. The van der Waals surface area contributed by atoms with Crippen LogP contribution in [0, 0.1) is 6.92 Å². The van der Waals surface area contributed by atoms with E-state index in [0.717, 1.165) is 51.9 Å². The number of carbonyl (C=O) groups is 2. The molecule has 3 rings (SSSR count). The summed E-state index contributed by atoms with van der Waals surface area (Å²) in [5, 5.41) is 7.19. The predicted molar refractivity (Wildman–Crippen MR) is 86.9 cm³/mol. The molecule has 23 heavy (non-hydrogen) atoms. The third-order valence-electron chi connectivity index (χ3n) is 5.04. The Bertz CT molecular complexity index is 569. The van der Waals surface area contributed by atoms with Gasteiger partial charge in [0.2, 0.25) is 11.8 Å². The molecule has 1 N–H and O–H groups in total. The van der Waals surface area contributed by atoms with Gasteiger partial charge in [-0.3, -0.25) is 14.7 Å². The molecule has 0 unspecified atom stereocenters. The Labute approximate surface area is 137 Å². The molecule has 1 atom stereocenters. The largest absolute Gasteiger partial charge is 0.343 e. The zero-order chi connectivity index (χ0) is 16.2. The maximum atomic E-state index is 12.5. The van der Waals surface area contributed by atoms with E-state index in [1.165, 1.54) is 11.3 Å². The van der Waals surface area contributed by atoms with Gasteiger partial charge >= 0.3 is 0 Å². The van der Waals surface area contributed by atoms with Gasteiger partial charge < -0.3 is 9.80 Å². The molecule has 0 bridgehead atoms. The number of rotatable bonds is 5. The summed E-state index contributed by atoms with van der Waals surface area (Å²) >= 11 is 0. The number of hydrogen-bond acceptors (Lipinski definition) is 3. The van der Waals surface area contributed by atoms with Gasteiger partial charge in [-0.2, -0.15) is 5.10 Å². The number of hydrogen-bond donors (Lipinski definition) is 1. The third kappa shape index (κ3) is 3.74. The van der Waals surface area contributed by atoms with Crippen molar-refractivity contribution in [1.29, 1.82) is 0 Å². The molecule has 0 spiro atoms. The number of carbonyl (C=O) groups excluding carboxylic acids is 2. The van der Waals surface area contributed by atoms with Crippen LogP contribution in [0.15, 0.2) is 6.20 Å². The standard InChI is InChI=1S/C17H26N4O2/c1-13-11-18-19-17(13)14-5-2-10-21(12-14)16(23)7-4-9-20-8-3-6-15(20)22/h11,14H,2-10,12H2,1H3,(H,18,19)/t14-/m1/s1. The van der Waals surface area contributed by atoms with Gasteiger partial charge in [0.05, 0.1) is 6.20 Å². The maximum absolute atomic E-state index is 12.5. The van der Waals surface area contributed by atoms with Crippen LogP contribution in [0.4, 0.5) is 0 Å². The molecule has 0 saturated carbocycles. The van der Waals surface area contributed by atoms with Crippen molar-refractivity contribution in [3.8, 4) is 0 Å². The normalized spacial score (nSPS) is 22.0. The van der Waals surface area contributed by atoms with E-state index in [4.69, 9.17) is 0 Å². The average molecular weight is 318 g/mol. The lowest BCUT2D eigenvalue weighted by molar-refractivity contribution is -0.133. The number of nitrogens with zero attached hydrogens (tertiary/aromatic N) is 3. The fraction of sp³-hybridized carbons (Fsp3) is 0.706. The first-order chi connectivity index (χ1) is 11.1. The van der Waals surface area contributed by atoms with E-state index in [0.29, 0.717) is 18.8 Å². The van der Waals surface area contributed by atoms with E-state index < -0.39 is 0 Å². The second kappa shape index (κ2) is 7.15. The Kier molecular flexibility index (Phi) is 4.98. The highest BCUT2D eigenvalue weighted by Crippen LogP contribution is 2.27. The van der Waals surface area contributed by atoms with E-state index in [-0.39, 0.29) is 11.8 Å². The molecule has 6 nitrogen and oxygen atoms in total. The predicted octanol–water partition coefficient (Wildman–Crippen LogP) is 1.83. The molecule has 0 aliphatic carbocycles. The topological polar surface area (TPSA) is 69.3 Å². The summed E-state index contributed by atoms with van der Waals surface area (Å²) in [6.45, 7) is 5.28. The number of H-pyrrole nitrogens is 1. The van der Waals surface area contributed by atoms with E-state index in [1.54, 1.807) is 0 Å². The first-order valence-corrected chi connectivity index (χ1v) is 8.70. The van der Waals surface area contributed by atoms with Crippen molar-refractivity contribution in [3.63, 3.8) is 0 Å². The van der Waals surface area contributed by atoms with Crippen LogP contribution in [-0.4, -0.2) is 58.0 Å². The zero-order valence-electron chi connectivity index (χ0n) is 13.9. The Morgan fingerprint density at radius 3 is 2.96 bits per heavy atom. The van der Waals surface area contributed by atoms with Crippen LogP contribution >= 0.6 is 0 Å². The molecule has 2 aliphatic rings. The molecule has 2 aliphatic heterocycles. The van der Waals surface area contributed by atoms with Gasteiger partial charge in [0, 0.05) is 50.6 Å². The van der Waals surface area contributed by atoms with Crippen LogP contribution < -0.4 is 0 Å². The molecule has 0 aromatic carbocycles. The van der Waals surface area contributed by atoms with Crippen LogP contribution in [0.1, 0.15) is 55.7 Å². The molecule has 3 heterocycles. The van der Waals surface area contributed by atoms with Gasteiger partial charge in [0.15, 0.2) is 0 Å². The van der Waals surface area contributed by atoms with E-state index in [9.17, 15) is 9.59 Å². The second-order valence-electron chi connectivity index (χ2n) is 6.73. The highest BCUT2D eigenvalue weighted by atomic mass is 16.2. The molecule has 0 radical (unpaired) electrons. The molecule has 1 aromatic rings. The molecular formula is C17H26N4O2. The quantitative estimate of drug-likeness (QED) is 0.900. The fourth-order valence-electron chi connectivity index (χ4n) is 3.73. The molecule has 126 valence electrons. The minimum Gasteiger partial charge on any atom is -0.343 e. The molecule has 2 amide bonds. The summed E-state index contributed by atoms with van der Waals surface area (Å²) < 4.78 is 0. The number of likely N-dealkylation sites (tertiary alicyclic amines) is 2. The molecule has 2 saturated heterocycles. The summed E-state index contributed by atoms with van der Waals surface area (Å²) in [6.07, 6.45) is 6.94. The summed E-state index contributed by atoms with van der Waals surface area (Å²) in [5.41, 5.74) is 2.35. The highest BCUT2D eigenvalue weighted by Gasteiger charge is 2.26. The van der Waals surface area contributed by atoms with Crippen molar-refractivity contribution in [3.05, 3.63) is 17.5 Å². The molecular weight excluding hydrogens is 292 g/mol. The van der Waals surface area contributed by atoms with Crippen molar-refractivity contribution in [1.82, 2.24) is 20.0 Å². The van der Waals surface area contributed by atoms with Gasteiger partial charge in [0.25, 0.3) is 0 Å². The number of aromatic nitrogens is 2. The third-order valence-corrected chi connectivity index (χ3v) is 5.04. The van der Waals surface area contributed by atoms with Crippen LogP contribution in [0.25, 0.3) is 0 Å². The first kappa shape index (κ1) is 16.0. The zero-order valence-corrected chi connectivity index (χ0v) is 13.9. The minimum absolute atomic E-state index is 0.221. The molecule has 2 fully saturated rings. The summed E-state index contributed by atoms with van der Waals surface area (Å²) in [5.74, 6) is 0.832. The lowest BCUT2D eigenvalue weighted by Crippen LogP contribution is -2.39. The Morgan fingerprint density at radius 1 is 1.39 bits per heavy atom. The molecule has 1 aromatic heterocycles. The van der Waals surface area contributed by atoms with Crippen LogP contribution in [0.2, 0.25) is 0 Å². The number of aryl methyl sites for hydroxylation is 1. The van der Waals surface area contributed by atoms with Gasteiger partial charge in [-0.15, -0.1) is 0 Å². The Hall–Kier alpha value is -1.85. The maximum Gasteiger partial charge on any atom is 0.222 e. The molecule has 6 heteroatoms. The van der Waals surface area contributed by atoms with E-state index in [1.807, 2.05) is 16.0 Å². The van der Waals surface area contributed by atoms with Crippen molar-refractivity contribution in [2.75, 3.05) is 26.2 Å². The van der Waals surface area contributed by atoms with Gasteiger partial charge in [-0.05, 0) is 38.2 Å². The van der Waals surface area contributed by atoms with Crippen molar-refractivity contribution in [2.45, 2.75) is 51.4 Å². The lowest BCUT2D eigenvalue weighted by atomic mass is 9.92. The van der Waals surface area contributed by atoms with Crippen molar-refractivity contribution in [2.24, 2.45) is 0 Å². The highest BCUT2D eigenvalue weighted by molar-refractivity contribution is 5.78. The van der Waals surface area contributed by atoms with Crippen molar-refractivity contribution < 1.29 is 9.59 Å². The van der Waals surface area contributed by atoms with Crippen molar-refractivity contribution >= 4 is 11.8 Å². The fourth-order valence-corrected chi connectivity index (χ4v) is 3.73. The Morgan fingerprint density at radius 2 is 2.26 bits per heavy atom. The second-order valence-corrected chi connectivity index (χ2v) is 6.73. The van der Waals surface area contributed by atoms with Crippen LogP contribution in [0.3, 0.4) is 0 Å². The lowest BCUT2D eigenvalue weighted by Gasteiger charge is -2.33. The van der Waals surface area contributed by atoms with Crippen LogP contribution in [-0.2, 0) is 9.59 Å². The smallest absolute Gasteiger partial charge is 0.222 e. The Balaban J connectivity index is 1.47. The number of amides is 2. The summed E-state index contributed by atoms with van der Waals surface area (Å²) in [6, 6.07) is 0. The van der Waals surface area contributed by atoms with E-state index >= 15 is 0 Å². The van der Waals surface area contributed by atoms with Gasteiger partial charge in [-0.25, -0.2) is 0 Å². The summed E-state index contributed by atoms with van der Waals surface area (Å²) in [4.78, 5) is 27.9. The van der Waals surface area contributed by atoms with Gasteiger partial charge in [0.1, 0.15) is 0 Å². The number of piperidine rings is 1. The van der Waals surface area contributed by atoms with Gasteiger partial charge in [-0.1, -0.05) is 0 Å². The van der Waals surface area contributed by atoms with E-state index in [2.05, 4.69) is 17.1 Å².